The van der Waals surface area contributed by atoms with Crippen LogP contribution in [0.2, 0.25) is 0 Å². The number of amides is 1. The van der Waals surface area contributed by atoms with Crippen LogP contribution in [0, 0.1) is 0 Å². The van der Waals surface area contributed by atoms with Gasteiger partial charge in [-0.2, -0.15) is 0 Å². The summed E-state index contributed by atoms with van der Waals surface area (Å²) in [5.41, 5.74) is 0.307. The van der Waals surface area contributed by atoms with Crippen LogP contribution in [0.4, 0.5) is 5.13 Å². The molecule has 0 aliphatic rings. The lowest BCUT2D eigenvalue weighted by atomic mass is 10.2. The standard InChI is InChI=1S/C19H18BrN2O6PS/c1-11(2)27-14-7-12(18(23)22-19-21-10-17(20)30-19)8-15(9-14)28-13-3-5-16(6-4-13)29(24,25)26/h3-11H,1-2H3,(H,21,22,23)(H2,24,25,26). The van der Waals surface area contributed by atoms with Gasteiger partial charge < -0.3 is 19.3 Å². The van der Waals surface area contributed by atoms with E-state index in [2.05, 4.69) is 26.2 Å². The zero-order valence-corrected chi connectivity index (χ0v) is 19.2. The third-order valence-electron chi connectivity index (χ3n) is 3.62. The van der Waals surface area contributed by atoms with E-state index in [0.717, 1.165) is 3.79 Å². The number of benzene rings is 2. The molecule has 3 aromatic rings. The average Bonchev–Trinajstić information content (AvgIpc) is 3.05. The van der Waals surface area contributed by atoms with Crippen molar-refractivity contribution in [2.45, 2.75) is 20.0 Å². The number of thiazole rings is 1. The van der Waals surface area contributed by atoms with E-state index in [1.165, 1.54) is 35.6 Å². The van der Waals surface area contributed by atoms with Crippen molar-refractivity contribution >= 4 is 51.2 Å². The van der Waals surface area contributed by atoms with E-state index in [-0.39, 0.29) is 17.3 Å². The summed E-state index contributed by atoms with van der Waals surface area (Å²) in [5, 5.41) is 3.05. The van der Waals surface area contributed by atoms with Gasteiger partial charge in [0.2, 0.25) is 0 Å². The summed E-state index contributed by atoms with van der Waals surface area (Å²) in [6, 6.07) is 10.2. The molecule has 0 bridgehead atoms. The molecule has 0 unspecified atom stereocenters. The third kappa shape index (κ3) is 6.13. The molecule has 1 amide bonds. The van der Waals surface area contributed by atoms with E-state index in [4.69, 9.17) is 9.47 Å². The van der Waals surface area contributed by atoms with Crippen LogP contribution < -0.4 is 20.1 Å². The molecular formula is C19H18BrN2O6PS. The first-order chi connectivity index (χ1) is 14.1. The summed E-state index contributed by atoms with van der Waals surface area (Å²) < 4.78 is 23.6. The highest BCUT2D eigenvalue weighted by atomic mass is 79.9. The van der Waals surface area contributed by atoms with Crippen LogP contribution >= 0.6 is 34.9 Å². The van der Waals surface area contributed by atoms with E-state index < -0.39 is 7.60 Å². The van der Waals surface area contributed by atoms with Crippen LogP contribution in [0.5, 0.6) is 17.2 Å². The van der Waals surface area contributed by atoms with E-state index in [1.54, 1.807) is 24.4 Å². The van der Waals surface area contributed by atoms with E-state index in [9.17, 15) is 19.1 Å². The summed E-state index contributed by atoms with van der Waals surface area (Å²) in [7, 11) is -4.33. The highest BCUT2D eigenvalue weighted by Crippen LogP contribution is 2.34. The fraction of sp³-hybridized carbons (Fsp3) is 0.158. The Balaban J connectivity index is 1.86. The topological polar surface area (TPSA) is 118 Å². The van der Waals surface area contributed by atoms with E-state index in [1.807, 2.05) is 13.8 Å². The van der Waals surface area contributed by atoms with E-state index in [0.29, 0.717) is 27.9 Å². The molecule has 1 heterocycles. The predicted molar refractivity (Wildman–Crippen MR) is 118 cm³/mol. The predicted octanol–water partition coefficient (Wildman–Crippen LogP) is 4.54. The fourth-order valence-electron chi connectivity index (χ4n) is 2.43. The lowest BCUT2D eigenvalue weighted by molar-refractivity contribution is 0.102. The van der Waals surface area contributed by atoms with Crippen LogP contribution in [-0.2, 0) is 4.57 Å². The lowest BCUT2D eigenvalue weighted by Gasteiger charge is -2.14. The van der Waals surface area contributed by atoms with Gasteiger partial charge in [0.1, 0.15) is 17.2 Å². The minimum absolute atomic E-state index is 0.110. The molecule has 0 atom stereocenters. The van der Waals surface area contributed by atoms with Crippen LogP contribution in [-0.4, -0.2) is 26.8 Å². The maximum Gasteiger partial charge on any atom is 0.356 e. The zero-order valence-electron chi connectivity index (χ0n) is 15.9. The Morgan fingerprint density at radius 1 is 1.13 bits per heavy atom. The number of nitrogens with one attached hydrogen (secondary N) is 1. The molecule has 3 N–H and O–H groups in total. The average molecular weight is 513 g/mol. The number of anilines is 1. The van der Waals surface area contributed by atoms with Crippen LogP contribution in [0.1, 0.15) is 24.2 Å². The van der Waals surface area contributed by atoms with Gasteiger partial charge >= 0.3 is 7.60 Å². The Morgan fingerprint density at radius 2 is 1.80 bits per heavy atom. The second-order valence-corrected chi connectivity index (χ2v) is 10.4. The van der Waals surface area contributed by atoms with Crippen molar-refractivity contribution in [2.75, 3.05) is 5.32 Å². The number of carbonyl (C=O) groups is 1. The molecule has 0 saturated heterocycles. The van der Waals surface area contributed by atoms with Crippen LogP contribution in [0.15, 0.2) is 52.4 Å². The summed E-state index contributed by atoms with van der Waals surface area (Å²) in [6.07, 6.45) is 1.47. The van der Waals surface area contributed by atoms with Gasteiger partial charge in [-0.15, -0.1) is 0 Å². The van der Waals surface area contributed by atoms with E-state index >= 15 is 0 Å². The Kier molecular flexibility index (Phi) is 6.95. The number of carbonyl (C=O) groups excluding carboxylic acids is 1. The smallest absolute Gasteiger partial charge is 0.356 e. The van der Waals surface area contributed by atoms with Gasteiger partial charge in [-0.25, -0.2) is 4.98 Å². The SMILES string of the molecule is CC(C)Oc1cc(Oc2ccc(P(=O)(O)O)cc2)cc(C(=O)Nc2ncc(Br)s2)c1. The van der Waals surface area contributed by atoms with Gasteiger partial charge in [-0.3, -0.25) is 14.7 Å². The number of halogens is 1. The summed E-state index contributed by atoms with van der Waals surface area (Å²) in [5.74, 6) is 0.749. The van der Waals surface area contributed by atoms with Crippen molar-refractivity contribution in [3.63, 3.8) is 0 Å². The normalized spacial score (nSPS) is 11.4. The zero-order chi connectivity index (χ0) is 21.9. The quantitative estimate of drug-likeness (QED) is 0.397. The van der Waals surface area contributed by atoms with Crippen molar-refractivity contribution in [2.24, 2.45) is 0 Å². The first-order valence-corrected chi connectivity index (χ1v) is 11.9. The van der Waals surface area contributed by atoms with Crippen molar-refractivity contribution in [1.29, 1.82) is 0 Å². The maximum absolute atomic E-state index is 12.7. The molecule has 0 fully saturated rings. The Bertz CT molecular complexity index is 1100. The van der Waals surface area contributed by atoms with Crippen molar-refractivity contribution in [3.05, 3.63) is 58.0 Å². The van der Waals surface area contributed by atoms with Crippen molar-refractivity contribution in [1.82, 2.24) is 4.98 Å². The molecule has 11 heteroatoms. The van der Waals surface area contributed by atoms with Crippen LogP contribution in [0.25, 0.3) is 0 Å². The molecule has 2 aromatic carbocycles. The van der Waals surface area contributed by atoms with Gasteiger partial charge in [0.15, 0.2) is 5.13 Å². The molecule has 3 rings (SSSR count). The minimum atomic E-state index is -4.33. The second-order valence-electron chi connectivity index (χ2n) is 6.42. The molecule has 0 aliphatic carbocycles. The first kappa shape index (κ1) is 22.5. The second kappa shape index (κ2) is 9.28. The largest absolute Gasteiger partial charge is 0.491 e. The number of hydrogen-bond acceptors (Lipinski definition) is 6. The monoisotopic (exact) mass is 512 g/mol. The van der Waals surface area contributed by atoms with Crippen molar-refractivity contribution in [3.8, 4) is 17.2 Å². The highest BCUT2D eigenvalue weighted by molar-refractivity contribution is 9.11. The van der Waals surface area contributed by atoms with Gasteiger partial charge in [-0.05, 0) is 66.2 Å². The van der Waals surface area contributed by atoms with Gasteiger partial charge in [0, 0.05) is 11.6 Å². The fourth-order valence-corrected chi connectivity index (χ4v) is 4.07. The molecule has 0 radical (unpaired) electrons. The molecule has 158 valence electrons. The van der Waals surface area contributed by atoms with Gasteiger partial charge in [-0.1, -0.05) is 11.3 Å². The number of ether oxygens (including phenoxy) is 2. The minimum Gasteiger partial charge on any atom is -0.491 e. The Labute approximate surface area is 185 Å². The summed E-state index contributed by atoms with van der Waals surface area (Å²) >= 11 is 4.58. The lowest BCUT2D eigenvalue weighted by Crippen LogP contribution is -2.13. The maximum atomic E-state index is 12.7. The molecule has 8 nitrogen and oxygen atoms in total. The number of nitrogens with zero attached hydrogens (tertiary/aromatic N) is 1. The van der Waals surface area contributed by atoms with Crippen molar-refractivity contribution < 1.29 is 28.6 Å². The molecule has 30 heavy (non-hydrogen) atoms. The summed E-state index contributed by atoms with van der Waals surface area (Å²) in [4.78, 5) is 35.2. The molecule has 0 saturated carbocycles. The molecule has 0 spiro atoms. The van der Waals surface area contributed by atoms with Gasteiger partial charge in [0.25, 0.3) is 5.91 Å². The number of rotatable bonds is 7. The highest BCUT2D eigenvalue weighted by Gasteiger charge is 2.17. The van der Waals surface area contributed by atoms with Gasteiger partial charge in [0.05, 0.1) is 21.4 Å². The van der Waals surface area contributed by atoms with Crippen LogP contribution in [0.3, 0.4) is 0 Å². The molecule has 0 aliphatic heterocycles. The Hall–Kier alpha value is -2.23. The number of hydrogen-bond donors (Lipinski definition) is 3. The third-order valence-corrected chi connectivity index (χ3v) is 5.98. The first-order valence-electron chi connectivity index (χ1n) is 8.68. The Morgan fingerprint density at radius 3 is 2.37 bits per heavy atom. The number of aromatic nitrogens is 1. The summed E-state index contributed by atoms with van der Waals surface area (Å²) in [6.45, 7) is 3.72. The molecule has 1 aromatic heterocycles. The molecular weight excluding hydrogens is 495 g/mol.